The number of thiazole rings is 1. The molecule has 1 aromatic heterocycles. The van der Waals surface area contributed by atoms with Crippen molar-refractivity contribution in [1.82, 2.24) is 15.2 Å². The lowest BCUT2D eigenvalue weighted by atomic mass is 10.2. The predicted octanol–water partition coefficient (Wildman–Crippen LogP) is 2.39. The van der Waals surface area contributed by atoms with Crippen LogP contribution in [0.5, 0.6) is 0 Å². The average Bonchev–Trinajstić information content (AvgIpc) is 3.05. The van der Waals surface area contributed by atoms with Gasteiger partial charge in [-0.3, -0.25) is 10.1 Å². The normalized spacial score (nSPS) is 14.4. The minimum absolute atomic E-state index is 0.0968. The number of nitro benzene ring substituents is 1. The van der Waals surface area contributed by atoms with Gasteiger partial charge < -0.3 is 15.1 Å². The molecule has 2 heterocycles. The lowest BCUT2D eigenvalue weighted by Gasteiger charge is -2.35. The van der Waals surface area contributed by atoms with E-state index in [1.807, 2.05) is 17.2 Å². The van der Waals surface area contributed by atoms with Crippen molar-refractivity contribution in [3.8, 4) is 0 Å². The first-order valence-electron chi connectivity index (χ1n) is 7.97. The van der Waals surface area contributed by atoms with Crippen LogP contribution >= 0.6 is 11.3 Å². The van der Waals surface area contributed by atoms with Crippen molar-refractivity contribution in [2.24, 2.45) is 0 Å². The van der Waals surface area contributed by atoms with E-state index in [2.05, 4.69) is 10.3 Å². The topological polar surface area (TPSA) is 91.6 Å². The van der Waals surface area contributed by atoms with Gasteiger partial charge in [-0.2, -0.15) is 0 Å². The number of carbonyl (C=O) groups excluding carboxylic acids is 1. The number of carbonyl (C=O) groups is 1. The molecule has 132 valence electrons. The molecule has 3 rings (SSSR count). The van der Waals surface area contributed by atoms with Crippen molar-refractivity contribution < 1.29 is 9.72 Å². The van der Waals surface area contributed by atoms with Gasteiger partial charge in [0, 0.05) is 43.3 Å². The molecule has 25 heavy (non-hydrogen) atoms. The third-order valence-electron chi connectivity index (χ3n) is 4.04. The summed E-state index contributed by atoms with van der Waals surface area (Å²) in [6.45, 7) is 4.51. The zero-order valence-electron chi connectivity index (χ0n) is 13.8. The second-order valence-electron chi connectivity index (χ2n) is 5.76. The Morgan fingerprint density at radius 2 is 2.04 bits per heavy atom. The van der Waals surface area contributed by atoms with Crippen molar-refractivity contribution in [3.05, 3.63) is 50.5 Å². The summed E-state index contributed by atoms with van der Waals surface area (Å²) in [5.41, 5.74) is 1.65. The number of hydrogen-bond donors (Lipinski definition) is 1. The van der Waals surface area contributed by atoms with E-state index in [-0.39, 0.29) is 16.6 Å². The van der Waals surface area contributed by atoms with Gasteiger partial charge in [-0.1, -0.05) is 12.1 Å². The molecule has 1 aromatic carbocycles. The van der Waals surface area contributed by atoms with Crippen LogP contribution in [0.3, 0.4) is 0 Å². The predicted molar refractivity (Wildman–Crippen MR) is 96.0 cm³/mol. The summed E-state index contributed by atoms with van der Waals surface area (Å²) in [6, 6.07) is 6.57. The summed E-state index contributed by atoms with van der Waals surface area (Å²) >= 11 is 1.52. The number of nitro groups is 1. The van der Waals surface area contributed by atoms with Gasteiger partial charge in [-0.25, -0.2) is 9.78 Å². The standard InChI is InChI=1S/C16H19N5O3S/c1-12-11-25-15(18-12)10-17-16(22)20-8-6-19(7-9-20)13-4-2-3-5-14(13)21(23)24/h2-5,11H,6-10H2,1H3,(H,17,22). The summed E-state index contributed by atoms with van der Waals surface area (Å²) in [5.74, 6) is 0. The molecular formula is C16H19N5O3S. The van der Waals surface area contributed by atoms with E-state index in [0.29, 0.717) is 38.4 Å². The van der Waals surface area contributed by atoms with Crippen LogP contribution in [0.25, 0.3) is 0 Å². The highest BCUT2D eigenvalue weighted by Gasteiger charge is 2.25. The number of aryl methyl sites for hydroxylation is 1. The van der Waals surface area contributed by atoms with Gasteiger partial charge in [0.1, 0.15) is 10.7 Å². The van der Waals surface area contributed by atoms with Crippen molar-refractivity contribution >= 4 is 28.7 Å². The van der Waals surface area contributed by atoms with E-state index in [1.165, 1.54) is 17.4 Å². The van der Waals surface area contributed by atoms with Gasteiger partial charge in [0.15, 0.2) is 0 Å². The average molecular weight is 361 g/mol. The van der Waals surface area contributed by atoms with Crippen LogP contribution in [0, 0.1) is 17.0 Å². The van der Waals surface area contributed by atoms with E-state index >= 15 is 0 Å². The molecule has 0 radical (unpaired) electrons. The number of benzene rings is 1. The molecule has 0 spiro atoms. The fourth-order valence-corrected chi connectivity index (χ4v) is 3.49. The minimum atomic E-state index is -0.371. The Morgan fingerprint density at radius 3 is 2.68 bits per heavy atom. The van der Waals surface area contributed by atoms with E-state index in [9.17, 15) is 14.9 Å². The molecule has 1 aliphatic heterocycles. The smallest absolute Gasteiger partial charge is 0.317 e. The lowest BCUT2D eigenvalue weighted by molar-refractivity contribution is -0.384. The number of rotatable bonds is 4. The van der Waals surface area contributed by atoms with Crippen molar-refractivity contribution in [1.29, 1.82) is 0 Å². The van der Waals surface area contributed by atoms with E-state index in [0.717, 1.165) is 10.7 Å². The van der Waals surface area contributed by atoms with E-state index in [4.69, 9.17) is 0 Å². The monoisotopic (exact) mass is 361 g/mol. The number of anilines is 1. The van der Waals surface area contributed by atoms with Crippen LogP contribution in [0.2, 0.25) is 0 Å². The summed E-state index contributed by atoms with van der Waals surface area (Å²) in [6.07, 6.45) is 0. The molecule has 0 bridgehead atoms. The third kappa shape index (κ3) is 4.05. The summed E-state index contributed by atoms with van der Waals surface area (Å²) < 4.78 is 0. The third-order valence-corrected chi connectivity index (χ3v) is 5.01. The molecule has 1 fully saturated rings. The van der Waals surface area contributed by atoms with Crippen LogP contribution in [0.15, 0.2) is 29.6 Å². The van der Waals surface area contributed by atoms with Gasteiger partial charge in [0.25, 0.3) is 5.69 Å². The van der Waals surface area contributed by atoms with Gasteiger partial charge in [0.2, 0.25) is 0 Å². The molecule has 0 atom stereocenters. The maximum absolute atomic E-state index is 12.3. The molecule has 0 aliphatic carbocycles. The minimum Gasteiger partial charge on any atom is -0.362 e. The molecule has 2 aromatic rings. The Hall–Kier alpha value is -2.68. The van der Waals surface area contributed by atoms with Crippen LogP contribution < -0.4 is 10.2 Å². The second-order valence-corrected chi connectivity index (χ2v) is 6.70. The number of urea groups is 1. The Kier molecular flexibility index (Phi) is 5.13. The Balaban J connectivity index is 1.55. The molecule has 1 saturated heterocycles. The molecule has 9 heteroatoms. The molecule has 0 unspecified atom stereocenters. The summed E-state index contributed by atoms with van der Waals surface area (Å²) in [4.78, 5) is 31.0. The zero-order valence-corrected chi connectivity index (χ0v) is 14.7. The maximum atomic E-state index is 12.3. The first-order chi connectivity index (χ1) is 12.0. The highest BCUT2D eigenvalue weighted by molar-refractivity contribution is 7.09. The second kappa shape index (κ2) is 7.47. The lowest BCUT2D eigenvalue weighted by Crippen LogP contribution is -2.51. The maximum Gasteiger partial charge on any atom is 0.317 e. The number of para-hydroxylation sites is 2. The molecule has 2 amide bonds. The quantitative estimate of drug-likeness (QED) is 0.667. The number of aromatic nitrogens is 1. The van der Waals surface area contributed by atoms with Gasteiger partial charge in [-0.15, -0.1) is 11.3 Å². The Morgan fingerprint density at radius 1 is 1.32 bits per heavy atom. The summed E-state index contributed by atoms with van der Waals surface area (Å²) in [5, 5.41) is 16.9. The van der Waals surface area contributed by atoms with E-state index in [1.54, 1.807) is 23.1 Å². The van der Waals surface area contributed by atoms with E-state index < -0.39 is 0 Å². The van der Waals surface area contributed by atoms with Crippen LogP contribution in [-0.4, -0.2) is 47.0 Å². The van der Waals surface area contributed by atoms with Crippen molar-refractivity contribution in [2.75, 3.05) is 31.1 Å². The van der Waals surface area contributed by atoms with Crippen LogP contribution in [0.4, 0.5) is 16.2 Å². The Labute approximate surface area is 149 Å². The van der Waals surface area contributed by atoms with Gasteiger partial charge in [0.05, 0.1) is 11.5 Å². The number of piperazine rings is 1. The fourth-order valence-electron chi connectivity index (χ4n) is 2.78. The SMILES string of the molecule is Cc1csc(CNC(=O)N2CCN(c3ccccc3[N+](=O)[O-])CC2)n1. The number of amides is 2. The molecule has 1 aliphatic rings. The molecule has 0 saturated carbocycles. The van der Waals surface area contributed by atoms with Crippen LogP contribution in [-0.2, 0) is 6.54 Å². The first-order valence-corrected chi connectivity index (χ1v) is 8.84. The number of nitrogens with one attached hydrogen (secondary N) is 1. The number of nitrogens with zero attached hydrogens (tertiary/aromatic N) is 4. The molecular weight excluding hydrogens is 342 g/mol. The summed E-state index contributed by atoms with van der Waals surface area (Å²) in [7, 11) is 0. The largest absolute Gasteiger partial charge is 0.362 e. The molecule has 8 nitrogen and oxygen atoms in total. The fraction of sp³-hybridized carbons (Fsp3) is 0.375. The molecule has 1 N–H and O–H groups in total. The van der Waals surface area contributed by atoms with Crippen LogP contribution in [0.1, 0.15) is 10.7 Å². The van der Waals surface area contributed by atoms with Crippen molar-refractivity contribution in [3.63, 3.8) is 0 Å². The highest BCUT2D eigenvalue weighted by Crippen LogP contribution is 2.28. The van der Waals surface area contributed by atoms with Gasteiger partial charge >= 0.3 is 6.03 Å². The zero-order chi connectivity index (χ0) is 17.8. The Bertz CT molecular complexity index is 771. The van der Waals surface area contributed by atoms with Crippen molar-refractivity contribution in [2.45, 2.75) is 13.5 Å². The highest BCUT2D eigenvalue weighted by atomic mass is 32.1. The van der Waals surface area contributed by atoms with Gasteiger partial charge in [-0.05, 0) is 13.0 Å². The first kappa shape index (κ1) is 17.2. The number of hydrogen-bond acceptors (Lipinski definition) is 6.